The number of guanidine groups is 1. The first-order valence-electron chi connectivity index (χ1n) is 9.66. The molecular weight excluding hydrogens is 470 g/mol. The molecule has 1 saturated heterocycles. The molecule has 9 heteroatoms. The first kappa shape index (κ1) is 26.7. The molecule has 1 aliphatic rings. The third-order valence-electron chi connectivity index (χ3n) is 4.64. The summed E-state index contributed by atoms with van der Waals surface area (Å²) >= 11 is 0. The summed E-state index contributed by atoms with van der Waals surface area (Å²) < 4.78 is 37.0. The van der Waals surface area contributed by atoms with Crippen molar-refractivity contribution in [3.63, 3.8) is 0 Å². The molecule has 0 aromatic carbocycles. The van der Waals surface area contributed by atoms with Gasteiger partial charge in [0.15, 0.2) is 5.96 Å². The molecule has 0 unspecified atom stereocenters. The molecule has 0 bridgehead atoms. The summed E-state index contributed by atoms with van der Waals surface area (Å²) in [5, 5.41) is 6.44. The smallest absolute Gasteiger partial charge is 0.357 e. The fourth-order valence-electron chi connectivity index (χ4n) is 3.15. The molecule has 1 heterocycles. The Bertz CT molecular complexity index is 424. The predicted octanol–water partition coefficient (Wildman–Crippen LogP) is 3.31. The van der Waals surface area contributed by atoms with Crippen molar-refractivity contribution >= 4 is 29.9 Å². The Labute approximate surface area is 179 Å². The van der Waals surface area contributed by atoms with Crippen LogP contribution in [0.1, 0.15) is 46.5 Å². The highest BCUT2D eigenvalue weighted by Gasteiger charge is 2.29. The van der Waals surface area contributed by atoms with Crippen molar-refractivity contribution in [3.05, 3.63) is 0 Å². The number of hydrogen-bond acceptors (Lipinski definition) is 3. The van der Waals surface area contributed by atoms with E-state index in [2.05, 4.69) is 29.4 Å². The van der Waals surface area contributed by atoms with Crippen LogP contribution in [0.15, 0.2) is 4.99 Å². The Morgan fingerprint density at radius 2 is 1.74 bits per heavy atom. The van der Waals surface area contributed by atoms with Gasteiger partial charge in [0.1, 0.15) is 0 Å². The largest absolute Gasteiger partial charge is 0.401 e. The Balaban J connectivity index is 0.00000676. The van der Waals surface area contributed by atoms with Crippen molar-refractivity contribution in [3.8, 4) is 0 Å². The van der Waals surface area contributed by atoms with Gasteiger partial charge in [-0.3, -0.25) is 14.8 Å². The molecule has 0 amide bonds. The van der Waals surface area contributed by atoms with E-state index in [1.807, 2.05) is 6.92 Å². The molecule has 0 spiro atoms. The number of aliphatic imine (C=N–C) groups is 1. The van der Waals surface area contributed by atoms with Crippen LogP contribution in [0.2, 0.25) is 0 Å². The highest BCUT2D eigenvalue weighted by atomic mass is 127. The summed E-state index contributed by atoms with van der Waals surface area (Å²) in [6.07, 6.45) is 0.293. The summed E-state index contributed by atoms with van der Waals surface area (Å²) in [5.41, 5.74) is 0.00962. The van der Waals surface area contributed by atoms with Gasteiger partial charge in [-0.05, 0) is 66.7 Å². The molecule has 1 aliphatic heterocycles. The maximum Gasteiger partial charge on any atom is 0.401 e. The predicted molar refractivity (Wildman–Crippen MR) is 117 cm³/mol. The normalized spacial score (nSPS) is 17.0. The monoisotopic (exact) mass is 507 g/mol. The van der Waals surface area contributed by atoms with Crippen molar-refractivity contribution in [1.29, 1.82) is 0 Å². The zero-order valence-corrected chi connectivity index (χ0v) is 19.5. The van der Waals surface area contributed by atoms with Crippen LogP contribution in [0.3, 0.4) is 0 Å². The fraction of sp³-hybridized carbons (Fsp3) is 0.944. The molecule has 2 N–H and O–H groups in total. The van der Waals surface area contributed by atoms with E-state index in [1.54, 1.807) is 0 Å². The highest BCUT2D eigenvalue weighted by molar-refractivity contribution is 14.0. The Morgan fingerprint density at radius 3 is 2.30 bits per heavy atom. The van der Waals surface area contributed by atoms with Gasteiger partial charge in [0.25, 0.3) is 0 Å². The molecule has 27 heavy (non-hydrogen) atoms. The van der Waals surface area contributed by atoms with E-state index >= 15 is 0 Å². The van der Waals surface area contributed by atoms with Crippen LogP contribution in [0.25, 0.3) is 0 Å². The average Bonchev–Trinajstić information content (AvgIpc) is 2.55. The Morgan fingerprint density at radius 1 is 1.11 bits per heavy atom. The number of nitrogens with zero attached hydrogens (tertiary/aromatic N) is 3. The zero-order chi connectivity index (χ0) is 19.6. The fourth-order valence-corrected chi connectivity index (χ4v) is 3.15. The minimum atomic E-state index is -4.14. The van der Waals surface area contributed by atoms with Gasteiger partial charge in [0.2, 0.25) is 0 Å². The quantitative estimate of drug-likeness (QED) is 0.218. The summed E-state index contributed by atoms with van der Waals surface area (Å²) in [4.78, 5) is 8.49. The first-order valence-corrected chi connectivity index (χ1v) is 9.66. The first-order chi connectivity index (χ1) is 12.1. The minimum Gasteiger partial charge on any atom is -0.357 e. The van der Waals surface area contributed by atoms with Crippen molar-refractivity contribution in [2.75, 3.05) is 52.9 Å². The van der Waals surface area contributed by atoms with E-state index in [-0.39, 0.29) is 29.5 Å². The van der Waals surface area contributed by atoms with Gasteiger partial charge in [-0.15, -0.1) is 24.0 Å². The van der Waals surface area contributed by atoms with Crippen LogP contribution in [0, 0.1) is 0 Å². The summed E-state index contributed by atoms with van der Waals surface area (Å²) in [6.45, 7) is 10.3. The molecular formula is C18H37F3IN5. The van der Waals surface area contributed by atoms with Gasteiger partial charge in [-0.25, -0.2) is 0 Å². The van der Waals surface area contributed by atoms with Gasteiger partial charge in [0.05, 0.1) is 13.1 Å². The number of nitrogens with one attached hydrogen (secondary N) is 2. The van der Waals surface area contributed by atoms with E-state index in [0.717, 1.165) is 25.6 Å². The van der Waals surface area contributed by atoms with Crippen molar-refractivity contribution in [2.45, 2.75) is 58.2 Å². The standard InChI is InChI=1S/C18H36F3N5.HI/c1-5-22-16(23-10-9-11-25(4)15-18(19,20)21)24-14-17(2,3)26-12-7-6-8-13-26;/h5-15H2,1-4H3,(H2,22,23,24);1H. The number of hydrogen-bond donors (Lipinski definition) is 2. The summed E-state index contributed by atoms with van der Waals surface area (Å²) in [6, 6.07) is 0. The third kappa shape index (κ3) is 12.0. The van der Waals surface area contributed by atoms with E-state index < -0.39 is 12.7 Å². The number of likely N-dealkylation sites (tertiary alicyclic amines) is 1. The summed E-state index contributed by atoms with van der Waals surface area (Å²) in [7, 11) is 1.49. The zero-order valence-electron chi connectivity index (χ0n) is 17.2. The van der Waals surface area contributed by atoms with E-state index in [4.69, 9.17) is 4.99 Å². The van der Waals surface area contributed by atoms with Crippen LogP contribution >= 0.6 is 24.0 Å². The molecule has 5 nitrogen and oxygen atoms in total. The third-order valence-corrected chi connectivity index (χ3v) is 4.64. The SMILES string of the molecule is CCNC(=NCC(C)(C)N1CCCCC1)NCCCN(C)CC(F)(F)F.I. The lowest BCUT2D eigenvalue weighted by molar-refractivity contribution is -0.143. The maximum atomic E-state index is 12.3. The van der Waals surface area contributed by atoms with Crippen molar-refractivity contribution < 1.29 is 13.2 Å². The van der Waals surface area contributed by atoms with Gasteiger partial charge < -0.3 is 10.6 Å². The Kier molecular flexibility index (Phi) is 12.9. The van der Waals surface area contributed by atoms with Gasteiger partial charge in [-0.1, -0.05) is 6.42 Å². The minimum absolute atomic E-state index is 0. The van der Waals surface area contributed by atoms with Crippen LogP contribution in [0.4, 0.5) is 13.2 Å². The van der Waals surface area contributed by atoms with Crippen LogP contribution < -0.4 is 10.6 Å². The molecule has 0 radical (unpaired) electrons. The van der Waals surface area contributed by atoms with Crippen molar-refractivity contribution in [1.82, 2.24) is 20.4 Å². The van der Waals surface area contributed by atoms with Crippen LogP contribution in [-0.2, 0) is 0 Å². The molecule has 0 saturated carbocycles. The van der Waals surface area contributed by atoms with E-state index in [0.29, 0.717) is 26.1 Å². The molecule has 162 valence electrons. The van der Waals surface area contributed by atoms with E-state index in [9.17, 15) is 13.2 Å². The maximum absolute atomic E-state index is 12.3. The van der Waals surface area contributed by atoms with E-state index in [1.165, 1.54) is 31.2 Å². The second-order valence-corrected chi connectivity index (χ2v) is 7.69. The molecule has 0 atom stereocenters. The lowest BCUT2D eigenvalue weighted by Crippen LogP contribution is -2.49. The average molecular weight is 507 g/mol. The van der Waals surface area contributed by atoms with Crippen LogP contribution in [0.5, 0.6) is 0 Å². The number of halogens is 4. The topological polar surface area (TPSA) is 42.9 Å². The lowest BCUT2D eigenvalue weighted by atomic mass is 9.99. The number of alkyl halides is 3. The van der Waals surface area contributed by atoms with Crippen molar-refractivity contribution in [2.24, 2.45) is 4.99 Å². The summed E-state index contributed by atoms with van der Waals surface area (Å²) in [5.74, 6) is 0.732. The second-order valence-electron chi connectivity index (χ2n) is 7.69. The second kappa shape index (κ2) is 13.0. The lowest BCUT2D eigenvalue weighted by Gasteiger charge is -2.40. The highest BCUT2D eigenvalue weighted by Crippen LogP contribution is 2.20. The number of rotatable bonds is 9. The molecule has 0 aliphatic carbocycles. The Hall–Kier alpha value is -0.290. The molecule has 1 fully saturated rings. The number of piperidine rings is 1. The molecule has 0 aromatic rings. The van der Waals surface area contributed by atoms with Gasteiger partial charge in [-0.2, -0.15) is 13.2 Å². The molecule has 0 aromatic heterocycles. The van der Waals surface area contributed by atoms with Gasteiger partial charge in [0, 0.05) is 18.6 Å². The van der Waals surface area contributed by atoms with Crippen LogP contribution in [-0.4, -0.2) is 80.3 Å². The van der Waals surface area contributed by atoms with Gasteiger partial charge >= 0.3 is 6.18 Å². The molecule has 1 rings (SSSR count).